The van der Waals surface area contributed by atoms with Gasteiger partial charge in [0.1, 0.15) is 11.6 Å². The van der Waals surface area contributed by atoms with Crippen LogP contribution >= 0.6 is 0 Å². The van der Waals surface area contributed by atoms with Crippen molar-refractivity contribution in [3.8, 4) is 0 Å². The first-order valence-electron chi connectivity index (χ1n) is 8.28. The van der Waals surface area contributed by atoms with E-state index in [0.29, 0.717) is 26.1 Å². The Morgan fingerprint density at radius 1 is 1.33 bits per heavy atom. The van der Waals surface area contributed by atoms with Gasteiger partial charge in [-0.2, -0.15) is 0 Å². The lowest BCUT2D eigenvalue weighted by Gasteiger charge is -2.32. The number of ketones is 1. The van der Waals surface area contributed by atoms with E-state index in [1.807, 2.05) is 0 Å². The summed E-state index contributed by atoms with van der Waals surface area (Å²) in [6.45, 7) is 6.76. The number of nitrogens with one attached hydrogen (secondary N) is 2. The summed E-state index contributed by atoms with van der Waals surface area (Å²) in [5, 5.41) is 5.16. The molecule has 24 heavy (non-hydrogen) atoms. The molecule has 0 saturated carbocycles. The molecule has 8 heteroatoms. The van der Waals surface area contributed by atoms with E-state index in [4.69, 9.17) is 4.74 Å². The summed E-state index contributed by atoms with van der Waals surface area (Å²) in [6.07, 6.45) is 0.782. The number of amides is 3. The standard InChI is InChI=1S/C16H25N3O5/c1-16(2,3)24-15(23)18-11(9-10-5-6-17-13(10)21)12(20)14(22)19-7-4-8-19/h10-11H,4-9H2,1-3H3,(H,17,21)(H,18,23)/t10-,11?/m0/s1. The van der Waals surface area contributed by atoms with Crippen molar-refractivity contribution in [3.05, 3.63) is 0 Å². The molecule has 2 atom stereocenters. The van der Waals surface area contributed by atoms with Gasteiger partial charge in [-0.1, -0.05) is 0 Å². The van der Waals surface area contributed by atoms with Crippen molar-refractivity contribution in [2.24, 2.45) is 5.92 Å². The Morgan fingerprint density at radius 3 is 2.46 bits per heavy atom. The molecule has 134 valence electrons. The van der Waals surface area contributed by atoms with Crippen LogP contribution in [0.1, 0.15) is 40.0 Å². The molecule has 0 aromatic heterocycles. The smallest absolute Gasteiger partial charge is 0.408 e. The van der Waals surface area contributed by atoms with Crippen LogP contribution in [0.4, 0.5) is 4.79 Å². The number of alkyl carbamates (subject to hydrolysis) is 1. The Morgan fingerprint density at radius 2 is 2.00 bits per heavy atom. The van der Waals surface area contributed by atoms with Gasteiger partial charge in [0.2, 0.25) is 11.7 Å². The summed E-state index contributed by atoms with van der Waals surface area (Å²) in [7, 11) is 0. The van der Waals surface area contributed by atoms with Crippen LogP contribution < -0.4 is 10.6 Å². The van der Waals surface area contributed by atoms with Crippen LogP contribution in [-0.4, -0.2) is 59.9 Å². The fourth-order valence-electron chi connectivity index (χ4n) is 2.66. The Labute approximate surface area is 141 Å². The van der Waals surface area contributed by atoms with Crippen molar-refractivity contribution in [2.45, 2.75) is 51.7 Å². The molecule has 2 heterocycles. The van der Waals surface area contributed by atoms with Crippen molar-refractivity contribution in [2.75, 3.05) is 19.6 Å². The minimum absolute atomic E-state index is 0.101. The summed E-state index contributed by atoms with van der Waals surface area (Å²) in [4.78, 5) is 49.8. The topological polar surface area (TPSA) is 105 Å². The Kier molecular flexibility index (Phi) is 5.46. The van der Waals surface area contributed by atoms with E-state index in [2.05, 4.69) is 10.6 Å². The molecule has 2 rings (SSSR count). The van der Waals surface area contributed by atoms with Gasteiger partial charge >= 0.3 is 6.09 Å². The number of hydrogen-bond donors (Lipinski definition) is 2. The number of Topliss-reactive ketones (excluding diaryl/α,β-unsaturated/α-hetero) is 1. The van der Waals surface area contributed by atoms with Crippen LogP contribution in [0.2, 0.25) is 0 Å². The zero-order chi connectivity index (χ0) is 17.9. The van der Waals surface area contributed by atoms with E-state index in [1.165, 1.54) is 4.90 Å². The van der Waals surface area contributed by atoms with Crippen molar-refractivity contribution in [3.63, 3.8) is 0 Å². The molecule has 8 nitrogen and oxygen atoms in total. The van der Waals surface area contributed by atoms with Crippen LogP contribution in [0.15, 0.2) is 0 Å². The molecule has 0 aromatic rings. The SMILES string of the molecule is CC(C)(C)OC(=O)NC(C[C@@H]1CCNC1=O)C(=O)C(=O)N1CCC1. The number of carbonyl (C=O) groups excluding carboxylic acids is 4. The van der Waals surface area contributed by atoms with E-state index in [1.54, 1.807) is 20.8 Å². The molecule has 0 spiro atoms. The highest BCUT2D eigenvalue weighted by atomic mass is 16.6. The first-order valence-corrected chi connectivity index (χ1v) is 8.28. The average Bonchev–Trinajstić information content (AvgIpc) is 2.78. The van der Waals surface area contributed by atoms with Crippen molar-refractivity contribution >= 4 is 23.7 Å². The van der Waals surface area contributed by atoms with Gasteiger partial charge in [0.05, 0.1) is 0 Å². The zero-order valence-corrected chi connectivity index (χ0v) is 14.4. The Balaban J connectivity index is 2.04. The third kappa shape index (κ3) is 4.69. The number of ether oxygens (including phenoxy) is 1. The van der Waals surface area contributed by atoms with E-state index in [0.717, 1.165) is 6.42 Å². The Hall–Kier alpha value is -2.12. The van der Waals surface area contributed by atoms with Crippen molar-refractivity contribution in [1.29, 1.82) is 0 Å². The second kappa shape index (κ2) is 7.19. The maximum absolute atomic E-state index is 12.5. The number of rotatable bonds is 5. The summed E-state index contributed by atoms with van der Waals surface area (Å²) >= 11 is 0. The molecular formula is C16H25N3O5. The third-order valence-corrected chi connectivity index (χ3v) is 4.04. The molecule has 2 N–H and O–H groups in total. The molecule has 3 amide bonds. The summed E-state index contributed by atoms with van der Waals surface area (Å²) < 4.78 is 5.16. The molecule has 2 saturated heterocycles. The van der Waals surface area contributed by atoms with E-state index >= 15 is 0 Å². The summed E-state index contributed by atoms with van der Waals surface area (Å²) in [6, 6.07) is -1.05. The molecule has 2 aliphatic heterocycles. The van der Waals surface area contributed by atoms with Crippen molar-refractivity contribution < 1.29 is 23.9 Å². The molecule has 0 radical (unpaired) electrons. The van der Waals surface area contributed by atoms with Gasteiger partial charge < -0.3 is 20.3 Å². The number of hydrogen-bond acceptors (Lipinski definition) is 5. The van der Waals surface area contributed by atoms with E-state index < -0.39 is 35.3 Å². The monoisotopic (exact) mass is 339 g/mol. The highest BCUT2D eigenvalue weighted by Crippen LogP contribution is 2.18. The van der Waals surface area contributed by atoms with E-state index in [9.17, 15) is 19.2 Å². The number of likely N-dealkylation sites (tertiary alicyclic amines) is 1. The van der Waals surface area contributed by atoms with Gasteiger partial charge in [-0.3, -0.25) is 14.4 Å². The average molecular weight is 339 g/mol. The van der Waals surface area contributed by atoms with Gasteiger partial charge in [0, 0.05) is 25.6 Å². The number of carbonyl (C=O) groups is 4. The van der Waals surface area contributed by atoms with Crippen LogP contribution in [0.25, 0.3) is 0 Å². The maximum Gasteiger partial charge on any atom is 0.408 e. The minimum Gasteiger partial charge on any atom is -0.444 e. The second-order valence-electron chi connectivity index (χ2n) is 7.22. The van der Waals surface area contributed by atoms with Crippen molar-refractivity contribution in [1.82, 2.24) is 15.5 Å². The lowest BCUT2D eigenvalue weighted by Crippen LogP contribution is -2.53. The largest absolute Gasteiger partial charge is 0.444 e. The highest BCUT2D eigenvalue weighted by molar-refractivity contribution is 6.38. The lowest BCUT2D eigenvalue weighted by atomic mass is 9.95. The normalized spacial score (nSPS) is 21.5. The molecule has 1 unspecified atom stereocenters. The maximum atomic E-state index is 12.5. The second-order valence-corrected chi connectivity index (χ2v) is 7.22. The molecule has 0 bridgehead atoms. The van der Waals surface area contributed by atoms with Gasteiger partial charge in [-0.05, 0) is 40.0 Å². The molecule has 0 aromatic carbocycles. The summed E-state index contributed by atoms with van der Waals surface area (Å²) in [5.74, 6) is -1.85. The quantitative estimate of drug-likeness (QED) is 0.697. The van der Waals surface area contributed by atoms with E-state index in [-0.39, 0.29) is 12.3 Å². The lowest BCUT2D eigenvalue weighted by molar-refractivity contribution is -0.148. The third-order valence-electron chi connectivity index (χ3n) is 4.04. The number of nitrogens with zero attached hydrogens (tertiary/aromatic N) is 1. The van der Waals surface area contributed by atoms with Crippen LogP contribution in [-0.2, 0) is 19.1 Å². The fourth-order valence-corrected chi connectivity index (χ4v) is 2.66. The fraction of sp³-hybridized carbons (Fsp3) is 0.750. The summed E-state index contributed by atoms with van der Waals surface area (Å²) in [5.41, 5.74) is -0.718. The Bertz CT molecular complexity index is 536. The van der Waals surface area contributed by atoms with Crippen LogP contribution in [0, 0.1) is 5.92 Å². The molecule has 2 fully saturated rings. The predicted octanol–water partition coefficient (Wildman–Crippen LogP) is 0.207. The van der Waals surface area contributed by atoms with Gasteiger partial charge in [-0.15, -0.1) is 0 Å². The molecular weight excluding hydrogens is 314 g/mol. The van der Waals surface area contributed by atoms with Crippen LogP contribution in [0.5, 0.6) is 0 Å². The first-order chi connectivity index (χ1) is 11.2. The van der Waals surface area contributed by atoms with Gasteiger partial charge in [0.15, 0.2) is 0 Å². The highest BCUT2D eigenvalue weighted by Gasteiger charge is 2.37. The first kappa shape index (κ1) is 18.2. The van der Waals surface area contributed by atoms with Crippen LogP contribution in [0.3, 0.4) is 0 Å². The van der Waals surface area contributed by atoms with Gasteiger partial charge in [0.25, 0.3) is 5.91 Å². The molecule has 0 aliphatic carbocycles. The minimum atomic E-state index is -1.05. The molecule has 2 aliphatic rings. The zero-order valence-electron chi connectivity index (χ0n) is 14.4. The predicted molar refractivity (Wildman–Crippen MR) is 85.1 cm³/mol. The van der Waals surface area contributed by atoms with Gasteiger partial charge in [-0.25, -0.2) is 4.79 Å².